The van der Waals surface area contributed by atoms with Crippen molar-refractivity contribution in [2.45, 2.75) is 39.7 Å². The third kappa shape index (κ3) is 6.90. The summed E-state index contributed by atoms with van der Waals surface area (Å²) >= 11 is 0. The number of hydrogen-bond donors (Lipinski definition) is 3. The molecule has 1 amide bonds. The number of carboxylic acid groups (broad SMARTS) is 1. The van der Waals surface area contributed by atoms with Crippen LogP contribution in [-0.2, 0) is 9.59 Å². The highest BCUT2D eigenvalue weighted by molar-refractivity contribution is 5.78. The van der Waals surface area contributed by atoms with Crippen molar-refractivity contribution in [2.24, 2.45) is 5.41 Å². The van der Waals surface area contributed by atoms with Gasteiger partial charge in [-0.05, 0) is 12.3 Å². The number of hydrogen-bond acceptors (Lipinski definition) is 3. The molecule has 0 fully saturated rings. The van der Waals surface area contributed by atoms with Crippen LogP contribution >= 0.6 is 0 Å². The van der Waals surface area contributed by atoms with Gasteiger partial charge in [-0.1, -0.05) is 13.8 Å². The maximum absolute atomic E-state index is 11.4. The summed E-state index contributed by atoms with van der Waals surface area (Å²) in [6, 6.07) is -0.293. The Labute approximate surface area is 89.5 Å². The molecule has 1 atom stereocenters. The van der Waals surface area contributed by atoms with E-state index in [4.69, 9.17) is 10.2 Å². The molecule has 0 saturated heterocycles. The first-order chi connectivity index (χ1) is 6.76. The molecule has 88 valence electrons. The van der Waals surface area contributed by atoms with Gasteiger partial charge in [0.15, 0.2) is 0 Å². The Morgan fingerprint density at radius 3 is 2.27 bits per heavy atom. The first kappa shape index (κ1) is 13.9. The Morgan fingerprint density at radius 1 is 1.33 bits per heavy atom. The summed E-state index contributed by atoms with van der Waals surface area (Å²) in [4.78, 5) is 21.9. The van der Waals surface area contributed by atoms with Gasteiger partial charge in [0.25, 0.3) is 0 Å². The predicted molar refractivity (Wildman–Crippen MR) is 55.3 cm³/mol. The molecule has 0 aromatic rings. The molecule has 0 aliphatic heterocycles. The van der Waals surface area contributed by atoms with Crippen molar-refractivity contribution in [2.75, 3.05) is 6.61 Å². The van der Waals surface area contributed by atoms with E-state index in [9.17, 15) is 9.59 Å². The number of aliphatic carboxylic acids is 1. The van der Waals surface area contributed by atoms with Crippen molar-refractivity contribution < 1.29 is 19.8 Å². The average Bonchev–Trinajstić information content (AvgIpc) is 1.99. The van der Waals surface area contributed by atoms with Crippen LogP contribution in [0.4, 0.5) is 0 Å². The highest BCUT2D eigenvalue weighted by Gasteiger charge is 2.25. The van der Waals surface area contributed by atoms with Gasteiger partial charge in [-0.15, -0.1) is 0 Å². The number of rotatable bonds is 6. The first-order valence-corrected chi connectivity index (χ1v) is 4.89. The third-order valence-corrected chi connectivity index (χ3v) is 1.95. The van der Waals surface area contributed by atoms with Crippen LogP contribution in [-0.4, -0.2) is 34.7 Å². The van der Waals surface area contributed by atoms with Gasteiger partial charge in [-0.25, -0.2) is 0 Å². The predicted octanol–water partition coefficient (Wildman–Crippen LogP) is 0.374. The van der Waals surface area contributed by atoms with E-state index in [2.05, 4.69) is 5.32 Å². The zero-order valence-corrected chi connectivity index (χ0v) is 9.41. The fourth-order valence-electron chi connectivity index (χ4n) is 1.28. The van der Waals surface area contributed by atoms with Gasteiger partial charge in [0, 0.05) is 12.5 Å². The average molecular weight is 217 g/mol. The summed E-state index contributed by atoms with van der Waals surface area (Å²) in [5.74, 6) is -1.15. The van der Waals surface area contributed by atoms with Crippen LogP contribution in [0, 0.1) is 5.41 Å². The number of aliphatic hydroxyl groups is 1. The highest BCUT2D eigenvalue weighted by atomic mass is 16.4. The van der Waals surface area contributed by atoms with Crippen molar-refractivity contribution in [1.82, 2.24) is 5.32 Å². The molecular formula is C10H19NO4. The second-order valence-electron chi connectivity index (χ2n) is 4.56. The number of carbonyl (C=O) groups excluding carboxylic acids is 1. The molecule has 0 unspecified atom stereocenters. The maximum atomic E-state index is 11.4. The van der Waals surface area contributed by atoms with Crippen LogP contribution in [0.2, 0.25) is 0 Å². The van der Waals surface area contributed by atoms with Gasteiger partial charge in [-0.2, -0.15) is 0 Å². The summed E-state index contributed by atoms with van der Waals surface area (Å²) in [5, 5.41) is 19.9. The quantitative estimate of drug-likeness (QED) is 0.600. The standard InChI is InChI=1S/C10H19NO4/c1-7(6-12)11-8(13)4-10(2,3)5-9(14)15/h7,12H,4-6H2,1-3H3,(H,11,13)(H,14,15)/t7-/m0/s1. The molecule has 0 aromatic carbocycles. The zero-order chi connectivity index (χ0) is 12.1. The van der Waals surface area contributed by atoms with E-state index in [0.29, 0.717) is 0 Å². The topological polar surface area (TPSA) is 86.6 Å². The minimum atomic E-state index is -0.914. The molecule has 0 saturated carbocycles. The summed E-state index contributed by atoms with van der Waals surface area (Å²) < 4.78 is 0. The number of nitrogens with one attached hydrogen (secondary N) is 1. The van der Waals surface area contributed by atoms with Gasteiger partial charge in [0.2, 0.25) is 5.91 Å². The lowest BCUT2D eigenvalue weighted by molar-refractivity contribution is -0.139. The monoisotopic (exact) mass is 217 g/mol. The number of amides is 1. The summed E-state index contributed by atoms with van der Waals surface area (Å²) in [7, 11) is 0. The summed E-state index contributed by atoms with van der Waals surface area (Å²) in [6.07, 6.45) is 0.0948. The Hall–Kier alpha value is -1.10. The normalized spacial score (nSPS) is 13.3. The Bertz CT molecular complexity index is 238. The van der Waals surface area contributed by atoms with Crippen LogP contribution < -0.4 is 5.32 Å². The van der Waals surface area contributed by atoms with Crippen molar-refractivity contribution in [1.29, 1.82) is 0 Å². The molecule has 5 heteroatoms. The summed E-state index contributed by atoms with van der Waals surface area (Å²) in [6.45, 7) is 5.02. The molecule has 15 heavy (non-hydrogen) atoms. The van der Waals surface area contributed by atoms with E-state index in [1.165, 1.54) is 0 Å². The van der Waals surface area contributed by atoms with Gasteiger partial charge in [0.05, 0.1) is 13.0 Å². The molecule has 0 aromatic heterocycles. The van der Waals surface area contributed by atoms with Gasteiger partial charge < -0.3 is 15.5 Å². The smallest absolute Gasteiger partial charge is 0.303 e. The van der Waals surface area contributed by atoms with E-state index in [1.54, 1.807) is 20.8 Å². The molecule has 0 spiro atoms. The largest absolute Gasteiger partial charge is 0.481 e. The SMILES string of the molecule is C[C@@H](CO)NC(=O)CC(C)(C)CC(=O)O. The lowest BCUT2D eigenvalue weighted by atomic mass is 9.85. The van der Waals surface area contributed by atoms with Crippen molar-refractivity contribution in [3.63, 3.8) is 0 Å². The second kappa shape index (κ2) is 5.70. The van der Waals surface area contributed by atoms with Crippen LogP contribution in [0.1, 0.15) is 33.6 Å². The molecule has 5 nitrogen and oxygen atoms in total. The Balaban J connectivity index is 4.09. The third-order valence-electron chi connectivity index (χ3n) is 1.95. The molecule has 3 N–H and O–H groups in total. The Kier molecular flexibility index (Phi) is 5.28. The fourth-order valence-corrected chi connectivity index (χ4v) is 1.28. The lowest BCUT2D eigenvalue weighted by Crippen LogP contribution is -2.37. The molecule has 0 radical (unpaired) electrons. The van der Waals surface area contributed by atoms with Gasteiger partial charge in [-0.3, -0.25) is 9.59 Å². The van der Waals surface area contributed by atoms with Crippen molar-refractivity contribution in [3.05, 3.63) is 0 Å². The van der Waals surface area contributed by atoms with Crippen LogP contribution in [0.5, 0.6) is 0 Å². The van der Waals surface area contributed by atoms with E-state index in [1.807, 2.05) is 0 Å². The van der Waals surface area contributed by atoms with E-state index < -0.39 is 11.4 Å². The van der Waals surface area contributed by atoms with E-state index in [-0.39, 0.29) is 31.4 Å². The molecule has 0 aliphatic rings. The van der Waals surface area contributed by atoms with Crippen LogP contribution in [0.25, 0.3) is 0 Å². The molecule has 0 rings (SSSR count). The number of carbonyl (C=O) groups is 2. The second-order valence-corrected chi connectivity index (χ2v) is 4.56. The summed E-state index contributed by atoms with van der Waals surface area (Å²) in [5.41, 5.74) is -0.564. The van der Waals surface area contributed by atoms with Crippen LogP contribution in [0.15, 0.2) is 0 Å². The van der Waals surface area contributed by atoms with Gasteiger partial charge >= 0.3 is 5.97 Å². The van der Waals surface area contributed by atoms with Crippen molar-refractivity contribution in [3.8, 4) is 0 Å². The van der Waals surface area contributed by atoms with Crippen molar-refractivity contribution >= 4 is 11.9 Å². The molecule has 0 aliphatic carbocycles. The molecule has 0 bridgehead atoms. The minimum Gasteiger partial charge on any atom is -0.481 e. The van der Waals surface area contributed by atoms with E-state index in [0.717, 1.165) is 0 Å². The number of aliphatic hydroxyl groups excluding tert-OH is 1. The number of carboxylic acids is 1. The zero-order valence-electron chi connectivity index (χ0n) is 9.41. The lowest BCUT2D eigenvalue weighted by Gasteiger charge is -2.22. The fraction of sp³-hybridized carbons (Fsp3) is 0.800. The van der Waals surface area contributed by atoms with E-state index >= 15 is 0 Å². The first-order valence-electron chi connectivity index (χ1n) is 4.89. The molecule has 0 heterocycles. The maximum Gasteiger partial charge on any atom is 0.303 e. The van der Waals surface area contributed by atoms with Gasteiger partial charge in [0.1, 0.15) is 0 Å². The van der Waals surface area contributed by atoms with Crippen LogP contribution in [0.3, 0.4) is 0 Å². The Morgan fingerprint density at radius 2 is 1.87 bits per heavy atom. The highest BCUT2D eigenvalue weighted by Crippen LogP contribution is 2.24. The molecular weight excluding hydrogens is 198 g/mol. The minimum absolute atomic E-state index is 0.0477.